The maximum atomic E-state index is 12.2. The van der Waals surface area contributed by atoms with Crippen LogP contribution in [0.1, 0.15) is 30.6 Å². The number of carboxylic acid groups (broad SMARTS) is 1. The molecular weight excluding hydrogens is 288 g/mol. The third-order valence-electron chi connectivity index (χ3n) is 3.15. The van der Waals surface area contributed by atoms with Gasteiger partial charge in [-0.3, -0.25) is 4.79 Å². The van der Waals surface area contributed by atoms with Crippen LogP contribution in [0.5, 0.6) is 0 Å². The molecular formula is C11H12N2O4S2. The lowest BCUT2D eigenvalue weighted by Crippen LogP contribution is -2.52. The van der Waals surface area contributed by atoms with Gasteiger partial charge in [0.2, 0.25) is 0 Å². The molecule has 1 saturated carbocycles. The molecule has 102 valence electrons. The summed E-state index contributed by atoms with van der Waals surface area (Å²) in [7, 11) is -3.90. The standard InChI is InChI=1S/C11H12N2O4S2/c12-7-8-3-4-9(18-8)19(16,17)13-11(10(14)15)5-1-2-6-11/h3-4,13H,1-2,5-6H2,(H,14,15). The zero-order chi connectivity index (χ0) is 14.1. The Labute approximate surface area is 114 Å². The fourth-order valence-corrected chi connectivity index (χ4v) is 4.69. The molecule has 2 rings (SSSR count). The number of sulfonamides is 1. The third kappa shape index (κ3) is 2.63. The second kappa shape index (κ2) is 4.92. The largest absolute Gasteiger partial charge is 0.480 e. The van der Waals surface area contributed by atoms with Crippen molar-refractivity contribution in [1.82, 2.24) is 4.72 Å². The van der Waals surface area contributed by atoms with Gasteiger partial charge in [-0.2, -0.15) is 9.98 Å². The van der Waals surface area contributed by atoms with Crippen LogP contribution in [0.4, 0.5) is 0 Å². The van der Waals surface area contributed by atoms with Crippen molar-refractivity contribution in [2.24, 2.45) is 0 Å². The van der Waals surface area contributed by atoms with Crippen molar-refractivity contribution >= 4 is 27.3 Å². The normalized spacial score (nSPS) is 18.1. The summed E-state index contributed by atoms with van der Waals surface area (Å²) in [5, 5.41) is 17.9. The van der Waals surface area contributed by atoms with Crippen molar-refractivity contribution < 1.29 is 18.3 Å². The lowest BCUT2D eigenvalue weighted by molar-refractivity contribution is -0.143. The first-order valence-electron chi connectivity index (χ1n) is 5.67. The quantitative estimate of drug-likeness (QED) is 0.871. The maximum Gasteiger partial charge on any atom is 0.324 e. The number of aliphatic carboxylic acids is 1. The van der Waals surface area contributed by atoms with Gasteiger partial charge < -0.3 is 5.11 Å². The minimum absolute atomic E-state index is 0.0309. The lowest BCUT2D eigenvalue weighted by atomic mass is 10.0. The number of nitriles is 1. The van der Waals surface area contributed by atoms with Gasteiger partial charge in [-0.25, -0.2) is 8.42 Å². The molecule has 1 aliphatic carbocycles. The van der Waals surface area contributed by atoms with Gasteiger partial charge in [0.1, 0.15) is 20.7 Å². The Kier molecular flexibility index (Phi) is 3.62. The number of thiophene rings is 1. The Hall–Kier alpha value is -1.43. The number of hydrogen-bond donors (Lipinski definition) is 2. The lowest BCUT2D eigenvalue weighted by Gasteiger charge is -2.24. The third-order valence-corrected chi connectivity index (χ3v) is 6.17. The summed E-state index contributed by atoms with van der Waals surface area (Å²) in [6.45, 7) is 0. The van der Waals surface area contributed by atoms with Crippen LogP contribution in [-0.2, 0) is 14.8 Å². The molecule has 8 heteroatoms. The van der Waals surface area contributed by atoms with Gasteiger partial charge in [0.05, 0.1) is 0 Å². The van der Waals surface area contributed by atoms with E-state index in [1.807, 2.05) is 6.07 Å². The van der Waals surface area contributed by atoms with E-state index in [0.29, 0.717) is 12.8 Å². The minimum atomic E-state index is -3.90. The Morgan fingerprint density at radius 3 is 2.53 bits per heavy atom. The van der Waals surface area contributed by atoms with Gasteiger partial charge in [-0.05, 0) is 25.0 Å². The number of carbonyl (C=O) groups is 1. The van der Waals surface area contributed by atoms with Gasteiger partial charge >= 0.3 is 5.97 Å². The second-order valence-corrected chi connectivity index (χ2v) is 7.42. The minimum Gasteiger partial charge on any atom is -0.480 e. The van der Waals surface area contributed by atoms with E-state index in [9.17, 15) is 18.3 Å². The molecule has 1 aromatic heterocycles. The molecule has 0 amide bonds. The highest BCUT2D eigenvalue weighted by Gasteiger charge is 2.44. The topological polar surface area (TPSA) is 107 Å². The molecule has 1 heterocycles. The first-order chi connectivity index (χ1) is 8.89. The van der Waals surface area contributed by atoms with Crippen LogP contribution in [0.3, 0.4) is 0 Å². The molecule has 0 unspecified atom stereocenters. The van der Waals surface area contributed by atoms with E-state index in [0.717, 1.165) is 11.3 Å². The van der Waals surface area contributed by atoms with Crippen molar-refractivity contribution in [2.75, 3.05) is 0 Å². The number of nitrogens with zero attached hydrogens (tertiary/aromatic N) is 1. The zero-order valence-corrected chi connectivity index (χ0v) is 11.6. The van der Waals surface area contributed by atoms with E-state index in [1.54, 1.807) is 0 Å². The van der Waals surface area contributed by atoms with E-state index in [4.69, 9.17) is 5.26 Å². The van der Waals surface area contributed by atoms with Gasteiger partial charge in [-0.1, -0.05) is 12.8 Å². The van der Waals surface area contributed by atoms with Crippen LogP contribution in [0.15, 0.2) is 16.3 Å². The molecule has 0 aromatic carbocycles. The predicted molar refractivity (Wildman–Crippen MR) is 68.2 cm³/mol. The second-order valence-electron chi connectivity index (χ2n) is 4.43. The summed E-state index contributed by atoms with van der Waals surface area (Å²) in [6, 6.07) is 4.57. The molecule has 0 atom stereocenters. The van der Waals surface area contributed by atoms with Crippen LogP contribution < -0.4 is 4.72 Å². The number of hydrogen-bond acceptors (Lipinski definition) is 5. The summed E-state index contributed by atoms with van der Waals surface area (Å²) in [5.74, 6) is -1.15. The summed E-state index contributed by atoms with van der Waals surface area (Å²) >= 11 is 0.829. The van der Waals surface area contributed by atoms with E-state index in [-0.39, 0.29) is 21.9 Å². The highest BCUT2D eigenvalue weighted by atomic mass is 32.2. The summed E-state index contributed by atoms with van der Waals surface area (Å²) < 4.78 is 26.6. The molecule has 0 saturated heterocycles. The monoisotopic (exact) mass is 300 g/mol. The fourth-order valence-electron chi connectivity index (χ4n) is 2.17. The number of carboxylic acids is 1. The summed E-state index contributed by atoms with van der Waals surface area (Å²) in [5.41, 5.74) is -1.41. The van der Waals surface area contributed by atoms with Crippen LogP contribution in [0.2, 0.25) is 0 Å². The summed E-state index contributed by atoms with van der Waals surface area (Å²) in [4.78, 5) is 11.6. The highest BCUT2D eigenvalue weighted by molar-refractivity contribution is 7.91. The Bertz CT molecular complexity index is 636. The van der Waals surface area contributed by atoms with Gasteiger partial charge in [-0.15, -0.1) is 11.3 Å². The molecule has 1 aromatic rings. The average molecular weight is 300 g/mol. The Morgan fingerprint density at radius 2 is 2.05 bits per heavy atom. The summed E-state index contributed by atoms with van der Waals surface area (Å²) in [6.07, 6.45) is 1.95. The number of rotatable bonds is 4. The molecule has 1 aliphatic rings. The highest BCUT2D eigenvalue weighted by Crippen LogP contribution is 2.32. The van der Waals surface area contributed by atoms with E-state index >= 15 is 0 Å². The zero-order valence-electron chi connectivity index (χ0n) is 9.92. The van der Waals surface area contributed by atoms with Crippen LogP contribution in [-0.4, -0.2) is 25.0 Å². The molecule has 0 radical (unpaired) electrons. The van der Waals surface area contributed by atoms with E-state index in [1.165, 1.54) is 12.1 Å². The molecule has 0 spiro atoms. The smallest absolute Gasteiger partial charge is 0.324 e. The average Bonchev–Trinajstić information content (AvgIpc) is 2.96. The van der Waals surface area contributed by atoms with Crippen LogP contribution in [0, 0.1) is 11.3 Å². The molecule has 0 bridgehead atoms. The van der Waals surface area contributed by atoms with Gasteiger partial charge in [0, 0.05) is 0 Å². The van der Waals surface area contributed by atoms with Crippen molar-refractivity contribution in [3.63, 3.8) is 0 Å². The predicted octanol–water partition coefficient (Wildman–Crippen LogP) is 1.30. The van der Waals surface area contributed by atoms with E-state index in [2.05, 4.69) is 4.72 Å². The number of nitrogens with one attached hydrogen (secondary N) is 1. The Morgan fingerprint density at radius 1 is 1.42 bits per heavy atom. The molecule has 0 aliphatic heterocycles. The van der Waals surface area contributed by atoms with Crippen molar-refractivity contribution in [3.8, 4) is 6.07 Å². The first kappa shape index (κ1) is 14.0. The maximum absolute atomic E-state index is 12.2. The fraction of sp³-hybridized carbons (Fsp3) is 0.455. The van der Waals surface area contributed by atoms with E-state index < -0.39 is 21.5 Å². The molecule has 1 fully saturated rings. The van der Waals surface area contributed by atoms with Gasteiger partial charge in [0.25, 0.3) is 10.0 Å². The molecule has 6 nitrogen and oxygen atoms in total. The van der Waals surface area contributed by atoms with Crippen molar-refractivity contribution in [1.29, 1.82) is 5.26 Å². The first-order valence-corrected chi connectivity index (χ1v) is 7.97. The van der Waals surface area contributed by atoms with Gasteiger partial charge in [0.15, 0.2) is 0 Å². The molecule has 2 N–H and O–H groups in total. The molecule has 19 heavy (non-hydrogen) atoms. The SMILES string of the molecule is N#Cc1ccc(S(=O)(=O)NC2(C(=O)O)CCCC2)s1. The van der Waals surface area contributed by atoms with Crippen LogP contribution in [0.25, 0.3) is 0 Å². The Balaban J connectivity index is 2.30. The van der Waals surface area contributed by atoms with Crippen molar-refractivity contribution in [2.45, 2.75) is 35.4 Å². The van der Waals surface area contributed by atoms with Crippen molar-refractivity contribution in [3.05, 3.63) is 17.0 Å². The van der Waals surface area contributed by atoms with Crippen LogP contribution >= 0.6 is 11.3 Å².